The van der Waals surface area contributed by atoms with Gasteiger partial charge < -0.3 is 9.47 Å². The van der Waals surface area contributed by atoms with Gasteiger partial charge in [0.15, 0.2) is 0 Å². The van der Waals surface area contributed by atoms with Crippen LogP contribution in [0.3, 0.4) is 0 Å². The Labute approximate surface area is 163 Å². The molecule has 0 saturated heterocycles. The van der Waals surface area contributed by atoms with Crippen LogP contribution in [0.25, 0.3) is 0 Å². The first-order valence-electron chi connectivity index (χ1n) is 9.46. The minimum absolute atomic E-state index is 0.0918. The summed E-state index contributed by atoms with van der Waals surface area (Å²) in [6, 6.07) is 0. The van der Waals surface area contributed by atoms with E-state index >= 15 is 0 Å². The summed E-state index contributed by atoms with van der Waals surface area (Å²) in [4.78, 5) is 11.7. The first-order valence-corrected chi connectivity index (χ1v) is 9.46. The standard InChI is InChI=1S/C19H23F7O3/c1-2-14(27)29-16-6-12-3-13(7-16)5-15(4-12,8-16)28-11-18(22,23)9-17(20,21)10-19(24,25)26/h2,12-13H,1,3-11H2. The highest BCUT2D eigenvalue weighted by Gasteiger charge is 2.61. The van der Waals surface area contributed by atoms with Crippen LogP contribution in [0.5, 0.6) is 0 Å². The SMILES string of the molecule is C=CC(=O)OC12CC3CC(CC(OCC(F)(F)CC(F)(F)CC(F)(F)F)(C3)C1)C2. The van der Waals surface area contributed by atoms with Gasteiger partial charge in [0.05, 0.1) is 12.0 Å². The molecule has 2 unspecified atom stereocenters. The van der Waals surface area contributed by atoms with Crippen LogP contribution in [-0.2, 0) is 14.3 Å². The summed E-state index contributed by atoms with van der Waals surface area (Å²) < 4.78 is 103. The fraction of sp³-hybridized carbons (Fsp3) is 0.842. The van der Waals surface area contributed by atoms with Gasteiger partial charge in [0.2, 0.25) is 0 Å². The molecule has 0 amide bonds. The van der Waals surface area contributed by atoms with Gasteiger partial charge in [-0.1, -0.05) is 6.58 Å². The van der Waals surface area contributed by atoms with Gasteiger partial charge >= 0.3 is 12.1 Å². The molecule has 4 aliphatic carbocycles. The molecule has 0 aromatic heterocycles. The molecular formula is C19H23F7O3. The first-order chi connectivity index (χ1) is 13.1. The van der Waals surface area contributed by atoms with Crippen LogP contribution in [0.15, 0.2) is 12.7 Å². The molecule has 4 rings (SSSR count). The van der Waals surface area contributed by atoms with E-state index in [1.54, 1.807) is 0 Å². The van der Waals surface area contributed by atoms with Crippen molar-refractivity contribution in [3.8, 4) is 0 Å². The Bertz CT molecular complexity index is 645. The van der Waals surface area contributed by atoms with Crippen molar-refractivity contribution in [2.24, 2.45) is 11.8 Å². The van der Waals surface area contributed by atoms with E-state index in [0.29, 0.717) is 25.7 Å². The van der Waals surface area contributed by atoms with Gasteiger partial charge in [-0.05, 0) is 43.9 Å². The predicted octanol–water partition coefficient (Wildman–Crippen LogP) is 5.44. The van der Waals surface area contributed by atoms with Gasteiger partial charge in [-0.3, -0.25) is 0 Å². The van der Waals surface area contributed by atoms with E-state index < -0.39 is 54.6 Å². The molecule has 0 radical (unpaired) electrons. The van der Waals surface area contributed by atoms with Gasteiger partial charge in [-0.15, -0.1) is 0 Å². The van der Waals surface area contributed by atoms with Gasteiger partial charge in [0, 0.05) is 12.5 Å². The fourth-order valence-corrected chi connectivity index (χ4v) is 5.68. The molecule has 166 valence electrons. The molecule has 0 aromatic rings. The van der Waals surface area contributed by atoms with Crippen molar-refractivity contribution in [3.05, 3.63) is 12.7 Å². The van der Waals surface area contributed by atoms with Gasteiger partial charge in [0.25, 0.3) is 11.8 Å². The lowest BCUT2D eigenvalue weighted by atomic mass is 9.52. The molecule has 0 aliphatic heterocycles. The Hall–Kier alpha value is -1.32. The minimum Gasteiger partial charge on any atom is -0.456 e. The topological polar surface area (TPSA) is 35.5 Å². The number of hydrogen-bond acceptors (Lipinski definition) is 3. The maximum atomic E-state index is 14.1. The largest absolute Gasteiger partial charge is 0.456 e. The van der Waals surface area contributed by atoms with E-state index in [1.807, 2.05) is 0 Å². The smallest absolute Gasteiger partial charge is 0.394 e. The lowest BCUT2D eigenvalue weighted by Gasteiger charge is -2.60. The van der Waals surface area contributed by atoms with Crippen molar-refractivity contribution in [1.82, 2.24) is 0 Å². The molecule has 10 heteroatoms. The number of carbonyl (C=O) groups excluding carboxylic acids is 1. The normalized spacial score (nSPS) is 34.3. The third kappa shape index (κ3) is 5.44. The van der Waals surface area contributed by atoms with Crippen LogP contribution in [0.1, 0.15) is 51.4 Å². The van der Waals surface area contributed by atoms with Gasteiger partial charge in [-0.25, -0.2) is 22.4 Å². The van der Waals surface area contributed by atoms with E-state index in [-0.39, 0.29) is 18.3 Å². The first kappa shape index (κ1) is 22.4. The summed E-state index contributed by atoms with van der Waals surface area (Å²) >= 11 is 0. The number of ether oxygens (including phenoxy) is 2. The minimum atomic E-state index is -5.25. The van der Waals surface area contributed by atoms with Crippen LogP contribution in [0.4, 0.5) is 30.7 Å². The maximum absolute atomic E-state index is 14.1. The highest BCUT2D eigenvalue weighted by atomic mass is 19.4. The molecule has 3 nitrogen and oxygen atoms in total. The molecule has 4 bridgehead atoms. The molecule has 0 spiro atoms. The molecular weight excluding hydrogens is 409 g/mol. The number of halogens is 7. The lowest BCUT2D eigenvalue weighted by molar-refractivity contribution is -0.257. The van der Waals surface area contributed by atoms with E-state index in [9.17, 15) is 35.5 Å². The molecule has 4 aliphatic rings. The highest BCUT2D eigenvalue weighted by molar-refractivity contribution is 5.81. The van der Waals surface area contributed by atoms with Crippen molar-refractivity contribution >= 4 is 5.97 Å². The zero-order chi connectivity index (χ0) is 21.7. The second-order valence-electron chi connectivity index (χ2n) is 8.92. The summed E-state index contributed by atoms with van der Waals surface area (Å²) in [5, 5.41) is 0. The number of alkyl halides is 7. The van der Waals surface area contributed by atoms with Crippen molar-refractivity contribution < 1.29 is 45.0 Å². The predicted molar refractivity (Wildman–Crippen MR) is 87.6 cm³/mol. The maximum Gasteiger partial charge on any atom is 0.394 e. The summed E-state index contributed by atoms with van der Waals surface area (Å²) in [7, 11) is 0. The number of carbonyl (C=O) groups is 1. The Morgan fingerprint density at radius 3 is 2.00 bits per heavy atom. The number of rotatable bonds is 8. The average molecular weight is 432 g/mol. The number of esters is 1. The van der Waals surface area contributed by atoms with Crippen LogP contribution in [-0.4, -0.2) is 41.8 Å². The molecule has 0 aromatic carbocycles. The zero-order valence-corrected chi connectivity index (χ0v) is 15.7. The van der Waals surface area contributed by atoms with E-state index in [4.69, 9.17) is 9.47 Å². The molecule has 29 heavy (non-hydrogen) atoms. The molecule has 4 saturated carbocycles. The Morgan fingerprint density at radius 1 is 0.931 bits per heavy atom. The molecule has 4 fully saturated rings. The molecule has 2 atom stereocenters. The molecule has 0 N–H and O–H groups in total. The van der Waals surface area contributed by atoms with Crippen molar-refractivity contribution in [2.75, 3.05) is 6.61 Å². The van der Waals surface area contributed by atoms with E-state index in [0.717, 1.165) is 12.5 Å². The van der Waals surface area contributed by atoms with Crippen molar-refractivity contribution in [1.29, 1.82) is 0 Å². The van der Waals surface area contributed by atoms with E-state index in [2.05, 4.69) is 6.58 Å². The molecule has 0 heterocycles. The van der Waals surface area contributed by atoms with Crippen LogP contribution < -0.4 is 0 Å². The van der Waals surface area contributed by atoms with Crippen LogP contribution >= 0.6 is 0 Å². The second kappa shape index (κ2) is 7.13. The van der Waals surface area contributed by atoms with Crippen LogP contribution in [0, 0.1) is 11.8 Å². The van der Waals surface area contributed by atoms with E-state index in [1.165, 1.54) is 0 Å². The van der Waals surface area contributed by atoms with Crippen molar-refractivity contribution in [3.63, 3.8) is 0 Å². The summed E-state index contributed by atoms with van der Waals surface area (Å²) in [6.45, 7) is 1.95. The third-order valence-electron chi connectivity index (χ3n) is 6.00. The Morgan fingerprint density at radius 2 is 1.48 bits per heavy atom. The Balaban J connectivity index is 1.66. The van der Waals surface area contributed by atoms with Gasteiger partial charge in [-0.2, -0.15) is 13.2 Å². The number of hydrogen-bond donors (Lipinski definition) is 0. The summed E-state index contributed by atoms with van der Waals surface area (Å²) in [5.74, 6) is -9.15. The van der Waals surface area contributed by atoms with Crippen molar-refractivity contribution in [2.45, 2.75) is 80.6 Å². The average Bonchev–Trinajstić information content (AvgIpc) is 2.48. The monoisotopic (exact) mass is 432 g/mol. The zero-order valence-electron chi connectivity index (χ0n) is 15.7. The highest BCUT2D eigenvalue weighted by Crippen LogP contribution is 2.60. The Kier molecular flexibility index (Phi) is 5.50. The lowest BCUT2D eigenvalue weighted by Crippen LogP contribution is -2.61. The fourth-order valence-electron chi connectivity index (χ4n) is 5.68. The quantitative estimate of drug-likeness (QED) is 0.291. The summed E-state index contributed by atoms with van der Waals surface area (Å²) in [6.07, 6.45) is -6.03. The second-order valence-corrected chi connectivity index (χ2v) is 8.92. The van der Waals surface area contributed by atoms with Crippen LogP contribution in [0.2, 0.25) is 0 Å². The van der Waals surface area contributed by atoms with Gasteiger partial charge in [0.1, 0.15) is 18.6 Å². The summed E-state index contributed by atoms with van der Waals surface area (Å²) in [5.41, 5.74) is -1.90. The third-order valence-corrected chi connectivity index (χ3v) is 6.00.